The summed E-state index contributed by atoms with van der Waals surface area (Å²) in [4.78, 5) is 18.8. The fourth-order valence-electron chi connectivity index (χ4n) is 3.65. The fourth-order valence-corrected chi connectivity index (χ4v) is 7.68. The standard InChI is InChI=1S/C19H15ClN2O5S2/c20-12-3-1-11(2-4-12)18(23)21-19-22(14-8-29(24,25)9-17(14)28-19)13-5-6-15-16(7-13)27-10-26-15/h1-7,14,17H,8-10H2/t14-,17+/m0/s1. The summed E-state index contributed by atoms with van der Waals surface area (Å²) in [5.41, 5.74) is 1.13. The van der Waals surface area contributed by atoms with E-state index in [-0.39, 0.29) is 29.6 Å². The van der Waals surface area contributed by atoms with Crippen LogP contribution >= 0.6 is 23.4 Å². The Morgan fingerprint density at radius 2 is 1.86 bits per heavy atom. The quantitative estimate of drug-likeness (QED) is 0.695. The molecule has 2 aromatic rings. The van der Waals surface area contributed by atoms with Gasteiger partial charge in [0, 0.05) is 27.6 Å². The number of halogens is 1. The van der Waals surface area contributed by atoms with E-state index in [0.717, 1.165) is 0 Å². The number of hydrogen-bond donors (Lipinski definition) is 0. The highest BCUT2D eigenvalue weighted by Crippen LogP contribution is 2.44. The van der Waals surface area contributed by atoms with Crippen LogP contribution in [0.1, 0.15) is 10.4 Å². The average molecular weight is 451 g/mol. The van der Waals surface area contributed by atoms with Gasteiger partial charge in [-0.15, -0.1) is 0 Å². The van der Waals surface area contributed by atoms with Crippen molar-refractivity contribution in [3.63, 3.8) is 0 Å². The van der Waals surface area contributed by atoms with Gasteiger partial charge >= 0.3 is 0 Å². The summed E-state index contributed by atoms with van der Waals surface area (Å²) >= 11 is 7.21. The molecule has 1 amide bonds. The minimum Gasteiger partial charge on any atom is -0.454 e. The molecule has 0 bridgehead atoms. The molecular weight excluding hydrogens is 436 g/mol. The van der Waals surface area contributed by atoms with E-state index in [4.69, 9.17) is 21.1 Å². The van der Waals surface area contributed by atoms with Crippen molar-refractivity contribution < 1.29 is 22.7 Å². The van der Waals surface area contributed by atoms with Gasteiger partial charge in [-0.1, -0.05) is 23.4 Å². The van der Waals surface area contributed by atoms with Gasteiger partial charge in [-0.25, -0.2) is 8.42 Å². The van der Waals surface area contributed by atoms with Gasteiger partial charge in [0.2, 0.25) is 6.79 Å². The maximum absolute atomic E-state index is 12.7. The predicted octanol–water partition coefficient (Wildman–Crippen LogP) is 2.98. The second-order valence-corrected chi connectivity index (χ2v) is 10.7. The molecular formula is C19H15ClN2O5S2. The molecule has 2 atom stereocenters. The zero-order valence-electron chi connectivity index (χ0n) is 14.9. The second-order valence-electron chi connectivity index (χ2n) is 6.91. The van der Waals surface area contributed by atoms with Crippen molar-refractivity contribution in [3.8, 4) is 11.5 Å². The minimum atomic E-state index is -3.14. The van der Waals surface area contributed by atoms with Crippen LogP contribution in [0.2, 0.25) is 5.02 Å². The number of sulfone groups is 1. The molecule has 0 N–H and O–H groups in total. The SMILES string of the molecule is O=C(N=C1S[C@@H]2CS(=O)(=O)C[C@@H]2N1c1ccc2c(c1)OCO2)c1ccc(Cl)cc1. The molecule has 2 saturated heterocycles. The Kier molecular flexibility index (Phi) is 4.49. The first kappa shape index (κ1) is 18.8. The van der Waals surface area contributed by atoms with Gasteiger partial charge in [-0.05, 0) is 36.4 Å². The molecule has 0 aliphatic carbocycles. The van der Waals surface area contributed by atoms with Crippen LogP contribution in [0.25, 0.3) is 0 Å². The van der Waals surface area contributed by atoms with Gasteiger partial charge in [0.25, 0.3) is 5.91 Å². The highest BCUT2D eigenvalue weighted by molar-refractivity contribution is 8.16. The zero-order valence-corrected chi connectivity index (χ0v) is 17.3. The van der Waals surface area contributed by atoms with E-state index in [1.54, 1.807) is 36.4 Å². The Morgan fingerprint density at radius 3 is 2.66 bits per heavy atom. The normalized spacial score (nSPS) is 25.4. The summed E-state index contributed by atoms with van der Waals surface area (Å²) in [7, 11) is -3.14. The van der Waals surface area contributed by atoms with Crippen LogP contribution in [0.5, 0.6) is 11.5 Å². The molecule has 3 heterocycles. The van der Waals surface area contributed by atoms with Crippen molar-refractivity contribution in [2.75, 3.05) is 23.2 Å². The van der Waals surface area contributed by atoms with Crippen molar-refractivity contribution in [2.24, 2.45) is 4.99 Å². The number of amidine groups is 1. The zero-order chi connectivity index (χ0) is 20.2. The number of carbonyl (C=O) groups excluding carboxylic acids is 1. The Bertz CT molecular complexity index is 1130. The Labute approximate surface area is 176 Å². The molecule has 0 radical (unpaired) electrons. The minimum absolute atomic E-state index is 0.0211. The first-order chi connectivity index (χ1) is 13.9. The first-order valence-corrected chi connectivity index (χ1v) is 11.9. The molecule has 7 nitrogen and oxygen atoms in total. The van der Waals surface area contributed by atoms with Gasteiger partial charge < -0.3 is 14.4 Å². The number of carbonyl (C=O) groups is 1. The second kappa shape index (κ2) is 6.93. The maximum Gasteiger partial charge on any atom is 0.279 e. The molecule has 3 aliphatic rings. The smallest absolute Gasteiger partial charge is 0.279 e. The Morgan fingerprint density at radius 1 is 1.10 bits per heavy atom. The van der Waals surface area contributed by atoms with Gasteiger partial charge in [0.05, 0.1) is 17.5 Å². The first-order valence-electron chi connectivity index (χ1n) is 8.84. The highest BCUT2D eigenvalue weighted by atomic mass is 35.5. The lowest BCUT2D eigenvalue weighted by molar-refractivity contribution is 0.100. The monoisotopic (exact) mass is 450 g/mol. The van der Waals surface area contributed by atoms with E-state index in [2.05, 4.69) is 4.99 Å². The van der Waals surface area contributed by atoms with Crippen LogP contribution < -0.4 is 14.4 Å². The lowest BCUT2D eigenvalue weighted by atomic mass is 10.2. The summed E-state index contributed by atoms with van der Waals surface area (Å²) in [6, 6.07) is 11.6. The van der Waals surface area contributed by atoms with E-state index in [1.807, 2.05) is 11.0 Å². The molecule has 29 heavy (non-hydrogen) atoms. The van der Waals surface area contributed by atoms with Crippen LogP contribution in [-0.4, -0.2) is 49.1 Å². The lowest BCUT2D eigenvalue weighted by Crippen LogP contribution is -2.37. The molecule has 150 valence electrons. The number of aliphatic imine (C=N–C) groups is 1. The summed E-state index contributed by atoms with van der Waals surface area (Å²) in [5, 5.41) is 0.835. The van der Waals surface area contributed by atoms with Gasteiger partial charge in [0.1, 0.15) is 0 Å². The number of anilines is 1. The number of amides is 1. The summed E-state index contributed by atoms with van der Waals surface area (Å²) in [6.07, 6.45) is 0. The molecule has 0 aromatic heterocycles. The average Bonchev–Trinajstić information content (AvgIpc) is 3.33. The largest absolute Gasteiger partial charge is 0.454 e. The molecule has 3 aliphatic heterocycles. The molecule has 2 fully saturated rings. The van der Waals surface area contributed by atoms with Crippen LogP contribution in [-0.2, 0) is 9.84 Å². The molecule has 0 unspecified atom stereocenters. The van der Waals surface area contributed by atoms with E-state index in [0.29, 0.717) is 32.9 Å². The summed E-state index contributed by atoms with van der Waals surface area (Å²) in [6.45, 7) is 0.143. The Balaban J connectivity index is 1.53. The van der Waals surface area contributed by atoms with Crippen LogP contribution in [0.15, 0.2) is 47.5 Å². The topological polar surface area (TPSA) is 85.3 Å². The van der Waals surface area contributed by atoms with E-state index in [9.17, 15) is 13.2 Å². The van der Waals surface area contributed by atoms with Crippen molar-refractivity contribution >= 4 is 50.0 Å². The molecule has 0 spiro atoms. The summed E-state index contributed by atoms with van der Waals surface area (Å²) < 4.78 is 35.2. The van der Waals surface area contributed by atoms with E-state index >= 15 is 0 Å². The predicted molar refractivity (Wildman–Crippen MR) is 112 cm³/mol. The van der Waals surface area contributed by atoms with Crippen molar-refractivity contribution in [3.05, 3.63) is 53.1 Å². The third-order valence-electron chi connectivity index (χ3n) is 4.99. The lowest BCUT2D eigenvalue weighted by Gasteiger charge is -2.24. The van der Waals surface area contributed by atoms with E-state index in [1.165, 1.54) is 11.8 Å². The number of fused-ring (bicyclic) bond motifs is 2. The maximum atomic E-state index is 12.7. The molecule has 5 rings (SSSR count). The Hall–Kier alpha value is -2.23. The third-order valence-corrected chi connectivity index (χ3v) is 8.45. The van der Waals surface area contributed by atoms with Gasteiger partial charge in [0.15, 0.2) is 26.5 Å². The number of hydrogen-bond acceptors (Lipinski definition) is 6. The van der Waals surface area contributed by atoms with Gasteiger partial charge in [-0.3, -0.25) is 4.79 Å². The van der Waals surface area contributed by atoms with Crippen LogP contribution in [0.4, 0.5) is 5.69 Å². The van der Waals surface area contributed by atoms with Crippen LogP contribution in [0, 0.1) is 0 Å². The third kappa shape index (κ3) is 3.47. The number of ether oxygens (including phenoxy) is 2. The molecule has 0 saturated carbocycles. The number of benzene rings is 2. The van der Waals surface area contributed by atoms with Crippen molar-refractivity contribution in [2.45, 2.75) is 11.3 Å². The number of rotatable bonds is 2. The van der Waals surface area contributed by atoms with Crippen molar-refractivity contribution in [1.29, 1.82) is 0 Å². The number of nitrogens with zero attached hydrogens (tertiary/aromatic N) is 2. The molecule has 2 aromatic carbocycles. The molecule has 10 heteroatoms. The van der Waals surface area contributed by atoms with Crippen molar-refractivity contribution in [1.82, 2.24) is 0 Å². The van der Waals surface area contributed by atoms with E-state index < -0.39 is 15.7 Å². The van der Waals surface area contributed by atoms with Crippen LogP contribution in [0.3, 0.4) is 0 Å². The number of thioether (sulfide) groups is 1. The fraction of sp³-hybridized carbons (Fsp3) is 0.263. The summed E-state index contributed by atoms with van der Waals surface area (Å²) in [5.74, 6) is 0.898. The highest BCUT2D eigenvalue weighted by Gasteiger charge is 2.49. The van der Waals surface area contributed by atoms with Gasteiger partial charge in [-0.2, -0.15) is 4.99 Å².